The second-order valence-corrected chi connectivity index (χ2v) is 4.52. The molecule has 0 heterocycles. The van der Waals surface area contributed by atoms with Crippen LogP contribution in [0.5, 0.6) is 5.75 Å². The molecule has 0 aliphatic rings. The Morgan fingerprint density at radius 1 is 1.29 bits per heavy atom. The van der Waals surface area contributed by atoms with Crippen molar-refractivity contribution in [2.75, 3.05) is 0 Å². The van der Waals surface area contributed by atoms with E-state index in [1.807, 2.05) is 31.2 Å². The highest BCUT2D eigenvalue weighted by atomic mass is 16.6. The molecular formula is C15H13NO5. The number of nitro groups is 1. The predicted molar refractivity (Wildman–Crippen MR) is 75.6 cm³/mol. The van der Waals surface area contributed by atoms with E-state index in [-0.39, 0.29) is 23.6 Å². The van der Waals surface area contributed by atoms with Gasteiger partial charge in [-0.25, -0.2) is 4.79 Å². The zero-order valence-electron chi connectivity index (χ0n) is 11.3. The molecule has 0 fully saturated rings. The number of carbonyl (C=O) groups is 1. The molecule has 0 atom stereocenters. The van der Waals surface area contributed by atoms with Gasteiger partial charge in [0.15, 0.2) is 5.75 Å². The number of nitrogens with zero attached hydrogens (tertiary/aromatic N) is 1. The van der Waals surface area contributed by atoms with Crippen LogP contribution in [0.3, 0.4) is 0 Å². The molecule has 6 nitrogen and oxygen atoms in total. The van der Waals surface area contributed by atoms with Gasteiger partial charge in [-0.1, -0.05) is 29.8 Å². The Bertz CT molecular complexity index is 696. The van der Waals surface area contributed by atoms with Gasteiger partial charge in [0.2, 0.25) is 0 Å². The topological polar surface area (TPSA) is 89.7 Å². The first-order valence-electron chi connectivity index (χ1n) is 6.17. The van der Waals surface area contributed by atoms with Crippen molar-refractivity contribution < 1.29 is 19.6 Å². The minimum atomic E-state index is -1.16. The van der Waals surface area contributed by atoms with Crippen LogP contribution < -0.4 is 4.74 Å². The molecule has 2 rings (SSSR count). The number of carboxylic acids is 1. The fraction of sp³-hybridized carbons (Fsp3) is 0.133. The third-order valence-corrected chi connectivity index (χ3v) is 2.88. The van der Waals surface area contributed by atoms with Gasteiger partial charge in [-0.15, -0.1) is 0 Å². The summed E-state index contributed by atoms with van der Waals surface area (Å²) in [6.07, 6.45) is 0. The fourth-order valence-electron chi connectivity index (χ4n) is 1.88. The lowest BCUT2D eigenvalue weighted by Crippen LogP contribution is -2.02. The van der Waals surface area contributed by atoms with Crippen molar-refractivity contribution in [2.45, 2.75) is 13.5 Å². The van der Waals surface area contributed by atoms with Crippen LogP contribution in [0.15, 0.2) is 42.5 Å². The van der Waals surface area contributed by atoms with Crippen LogP contribution in [0.4, 0.5) is 5.69 Å². The molecule has 2 aromatic rings. The lowest BCUT2D eigenvalue weighted by Gasteiger charge is -2.08. The number of nitro benzene ring substituents is 1. The molecule has 6 heteroatoms. The van der Waals surface area contributed by atoms with Gasteiger partial charge < -0.3 is 9.84 Å². The van der Waals surface area contributed by atoms with Crippen LogP contribution in [0.1, 0.15) is 21.5 Å². The van der Waals surface area contributed by atoms with Gasteiger partial charge in [-0.05, 0) is 18.6 Å². The number of benzene rings is 2. The maximum Gasteiger partial charge on any atom is 0.335 e. The normalized spacial score (nSPS) is 10.1. The highest BCUT2D eigenvalue weighted by Gasteiger charge is 2.18. The summed E-state index contributed by atoms with van der Waals surface area (Å²) in [5.74, 6) is -1.22. The van der Waals surface area contributed by atoms with E-state index in [9.17, 15) is 14.9 Å². The van der Waals surface area contributed by atoms with Gasteiger partial charge in [0.1, 0.15) is 6.61 Å². The lowest BCUT2D eigenvalue weighted by atomic mass is 10.1. The Hall–Kier alpha value is -2.89. The molecule has 0 unspecified atom stereocenters. The van der Waals surface area contributed by atoms with E-state index in [1.54, 1.807) is 0 Å². The summed E-state index contributed by atoms with van der Waals surface area (Å²) in [6, 6.07) is 11.0. The first-order valence-corrected chi connectivity index (χ1v) is 6.17. The summed E-state index contributed by atoms with van der Waals surface area (Å²) < 4.78 is 5.43. The van der Waals surface area contributed by atoms with E-state index in [0.29, 0.717) is 0 Å². The maximum absolute atomic E-state index is 10.9. The van der Waals surface area contributed by atoms with Crippen LogP contribution >= 0.6 is 0 Å². The largest absolute Gasteiger partial charge is 0.482 e. The Balaban J connectivity index is 2.26. The van der Waals surface area contributed by atoms with E-state index in [1.165, 1.54) is 6.07 Å². The number of hydrogen-bond acceptors (Lipinski definition) is 4. The van der Waals surface area contributed by atoms with Gasteiger partial charge in [0.05, 0.1) is 10.5 Å². The first kappa shape index (κ1) is 14.5. The SMILES string of the molecule is Cc1cccc(COc2cc(C(=O)O)ccc2[N+](=O)[O-])c1. The van der Waals surface area contributed by atoms with Crippen molar-refractivity contribution in [3.05, 3.63) is 69.3 Å². The molecular weight excluding hydrogens is 274 g/mol. The van der Waals surface area contributed by atoms with Gasteiger partial charge >= 0.3 is 11.7 Å². The number of hydrogen-bond donors (Lipinski definition) is 1. The van der Waals surface area contributed by atoms with Crippen molar-refractivity contribution in [3.63, 3.8) is 0 Å². The van der Waals surface area contributed by atoms with Gasteiger partial charge in [-0.2, -0.15) is 0 Å². The molecule has 0 spiro atoms. The summed E-state index contributed by atoms with van der Waals surface area (Å²) in [5.41, 5.74) is 1.59. The number of carboxylic acid groups (broad SMARTS) is 1. The Labute approximate surface area is 120 Å². The molecule has 0 bridgehead atoms. The monoisotopic (exact) mass is 287 g/mol. The van der Waals surface area contributed by atoms with Crippen molar-refractivity contribution >= 4 is 11.7 Å². The zero-order valence-corrected chi connectivity index (χ0v) is 11.3. The molecule has 0 radical (unpaired) electrons. The van der Waals surface area contributed by atoms with Crippen LogP contribution in [0.2, 0.25) is 0 Å². The summed E-state index contributed by atoms with van der Waals surface area (Å²) >= 11 is 0. The fourth-order valence-corrected chi connectivity index (χ4v) is 1.88. The molecule has 0 saturated heterocycles. The lowest BCUT2D eigenvalue weighted by molar-refractivity contribution is -0.385. The molecule has 0 saturated carbocycles. The summed E-state index contributed by atoms with van der Waals surface area (Å²) in [4.78, 5) is 21.3. The molecule has 0 aromatic heterocycles. The number of aryl methyl sites for hydroxylation is 1. The highest BCUT2D eigenvalue weighted by Crippen LogP contribution is 2.28. The average Bonchev–Trinajstić information content (AvgIpc) is 2.44. The molecule has 0 amide bonds. The van der Waals surface area contributed by atoms with E-state index in [2.05, 4.69) is 0 Å². The van der Waals surface area contributed by atoms with Crippen molar-refractivity contribution in [3.8, 4) is 5.75 Å². The number of ether oxygens (including phenoxy) is 1. The van der Waals surface area contributed by atoms with Crippen LogP contribution in [-0.2, 0) is 6.61 Å². The van der Waals surface area contributed by atoms with Crippen molar-refractivity contribution in [2.24, 2.45) is 0 Å². The molecule has 0 aliphatic heterocycles. The van der Waals surface area contributed by atoms with Gasteiger partial charge in [0.25, 0.3) is 0 Å². The highest BCUT2D eigenvalue weighted by molar-refractivity contribution is 5.88. The third kappa shape index (κ3) is 3.56. The first-order chi connectivity index (χ1) is 9.97. The second kappa shape index (κ2) is 6.04. The second-order valence-electron chi connectivity index (χ2n) is 4.52. The predicted octanol–water partition coefficient (Wildman–Crippen LogP) is 3.18. The van der Waals surface area contributed by atoms with E-state index < -0.39 is 10.9 Å². The smallest absolute Gasteiger partial charge is 0.335 e. The standard InChI is InChI=1S/C15H13NO5/c1-10-3-2-4-11(7-10)9-21-14-8-12(15(17)18)5-6-13(14)16(19)20/h2-8H,9H2,1H3,(H,17,18). The zero-order chi connectivity index (χ0) is 15.4. The van der Waals surface area contributed by atoms with Crippen LogP contribution in [0.25, 0.3) is 0 Å². The maximum atomic E-state index is 10.9. The molecule has 21 heavy (non-hydrogen) atoms. The Morgan fingerprint density at radius 3 is 2.67 bits per heavy atom. The van der Waals surface area contributed by atoms with Gasteiger partial charge in [0, 0.05) is 12.1 Å². The van der Waals surface area contributed by atoms with E-state index in [0.717, 1.165) is 23.3 Å². The molecule has 2 aromatic carbocycles. The van der Waals surface area contributed by atoms with Gasteiger partial charge in [-0.3, -0.25) is 10.1 Å². The summed E-state index contributed by atoms with van der Waals surface area (Å²) in [5, 5.41) is 19.9. The van der Waals surface area contributed by atoms with Crippen LogP contribution in [0, 0.1) is 17.0 Å². The van der Waals surface area contributed by atoms with Crippen molar-refractivity contribution in [1.82, 2.24) is 0 Å². The van der Waals surface area contributed by atoms with E-state index >= 15 is 0 Å². The number of rotatable bonds is 5. The van der Waals surface area contributed by atoms with Crippen LogP contribution in [-0.4, -0.2) is 16.0 Å². The average molecular weight is 287 g/mol. The molecule has 0 aliphatic carbocycles. The van der Waals surface area contributed by atoms with E-state index in [4.69, 9.17) is 9.84 Å². The Morgan fingerprint density at radius 2 is 2.05 bits per heavy atom. The Kier molecular flexibility index (Phi) is 4.18. The summed E-state index contributed by atoms with van der Waals surface area (Å²) in [6.45, 7) is 2.06. The molecule has 1 N–H and O–H groups in total. The third-order valence-electron chi connectivity index (χ3n) is 2.88. The quantitative estimate of drug-likeness (QED) is 0.673. The minimum absolute atomic E-state index is 0.0543. The number of aromatic carboxylic acids is 1. The summed E-state index contributed by atoms with van der Waals surface area (Å²) in [7, 11) is 0. The molecule has 108 valence electrons. The minimum Gasteiger partial charge on any atom is -0.482 e. The van der Waals surface area contributed by atoms with Crippen molar-refractivity contribution in [1.29, 1.82) is 0 Å².